The molecule has 0 unspecified atom stereocenters. The van der Waals surface area contributed by atoms with Gasteiger partial charge < -0.3 is 15.2 Å². The molecule has 0 saturated heterocycles. The zero-order valence-corrected chi connectivity index (χ0v) is 10.9. The Morgan fingerprint density at radius 3 is 2.72 bits per heavy atom. The third-order valence-corrected chi connectivity index (χ3v) is 2.75. The van der Waals surface area contributed by atoms with Crippen molar-refractivity contribution in [2.45, 2.75) is 44.9 Å². The summed E-state index contributed by atoms with van der Waals surface area (Å²) < 4.78 is 19.0. The van der Waals surface area contributed by atoms with Gasteiger partial charge in [0.25, 0.3) is 0 Å². The Bertz CT molecular complexity index is 411. The maximum absolute atomic E-state index is 13.7. The van der Waals surface area contributed by atoms with E-state index in [0.29, 0.717) is 12.6 Å². The van der Waals surface area contributed by atoms with Crippen LogP contribution < -0.4 is 10.1 Å². The summed E-state index contributed by atoms with van der Waals surface area (Å²) in [5.41, 5.74) is -0.0476. The summed E-state index contributed by atoms with van der Waals surface area (Å²) in [6.07, 6.45) is 2.44. The van der Waals surface area contributed by atoms with Gasteiger partial charge in [-0.25, -0.2) is 4.39 Å². The lowest BCUT2D eigenvalue weighted by Gasteiger charge is -2.18. The summed E-state index contributed by atoms with van der Waals surface area (Å²) in [5, 5.41) is 12.8. The third kappa shape index (κ3) is 4.27. The van der Waals surface area contributed by atoms with Crippen molar-refractivity contribution in [3.63, 3.8) is 0 Å². The molecule has 0 bridgehead atoms. The van der Waals surface area contributed by atoms with Crippen LogP contribution in [0, 0.1) is 5.82 Å². The van der Waals surface area contributed by atoms with E-state index in [1.54, 1.807) is 19.9 Å². The van der Waals surface area contributed by atoms with Gasteiger partial charge in [-0.2, -0.15) is 0 Å². The number of nitrogens with one attached hydrogen (secondary N) is 1. The van der Waals surface area contributed by atoms with Crippen molar-refractivity contribution < 1.29 is 14.2 Å². The van der Waals surface area contributed by atoms with Crippen molar-refractivity contribution in [3.8, 4) is 5.75 Å². The lowest BCUT2D eigenvalue weighted by Crippen LogP contribution is -2.28. The number of hydrogen-bond donors (Lipinski definition) is 2. The van der Waals surface area contributed by atoms with E-state index in [4.69, 9.17) is 4.74 Å². The summed E-state index contributed by atoms with van der Waals surface area (Å²) in [6.45, 7) is 4.01. The fourth-order valence-electron chi connectivity index (χ4n) is 1.58. The molecule has 0 aliphatic heterocycles. The van der Waals surface area contributed by atoms with Gasteiger partial charge in [0.2, 0.25) is 0 Å². The third-order valence-electron chi connectivity index (χ3n) is 2.75. The highest BCUT2D eigenvalue weighted by Crippen LogP contribution is 2.22. The molecule has 0 amide bonds. The van der Waals surface area contributed by atoms with Gasteiger partial charge in [-0.05, 0) is 44.4 Å². The lowest BCUT2D eigenvalue weighted by atomic mass is 10.1. The highest BCUT2D eigenvalue weighted by atomic mass is 19.1. The van der Waals surface area contributed by atoms with Crippen molar-refractivity contribution in [3.05, 3.63) is 29.6 Å². The van der Waals surface area contributed by atoms with E-state index in [1.807, 2.05) is 6.07 Å². The molecule has 1 aliphatic rings. The van der Waals surface area contributed by atoms with E-state index < -0.39 is 5.60 Å². The highest BCUT2D eigenvalue weighted by Gasteiger charge is 2.20. The number of hydrogen-bond acceptors (Lipinski definition) is 3. The van der Waals surface area contributed by atoms with E-state index in [-0.39, 0.29) is 18.2 Å². The minimum atomic E-state index is -0.960. The molecule has 2 rings (SSSR count). The minimum absolute atomic E-state index is 0.0730. The molecule has 1 saturated carbocycles. The number of aliphatic hydroxyl groups is 1. The standard InChI is InChI=1S/C14H20FNO2/c1-14(2,17)9-18-13-6-3-10(7-12(13)15)8-16-11-4-5-11/h3,6-7,11,16-17H,4-5,8-9H2,1-2H3. The van der Waals surface area contributed by atoms with Crippen LogP contribution in [-0.4, -0.2) is 23.4 Å². The van der Waals surface area contributed by atoms with Gasteiger partial charge in [0.15, 0.2) is 11.6 Å². The first-order valence-electron chi connectivity index (χ1n) is 6.31. The number of ether oxygens (including phenoxy) is 1. The monoisotopic (exact) mass is 253 g/mol. The van der Waals surface area contributed by atoms with Crippen LogP contribution in [0.4, 0.5) is 4.39 Å². The Hall–Kier alpha value is -1.13. The van der Waals surface area contributed by atoms with Crippen LogP contribution in [0.2, 0.25) is 0 Å². The Morgan fingerprint density at radius 2 is 2.17 bits per heavy atom. The summed E-state index contributed by atoms with van der Waals surface area (Å²) >= 11 is 0. The van der Waals surface area contributed by atoms with Gasteiger partial charge in [-0.3, -0.25) is 0 Å². The van der Waals surface area contributed by atoms with Crippen LogP contribution in [0.5, 0.6) is 5.75 Å². The highest BCUT2D eigenvalue weighted by molar-refractivity contribution is 5.29. The predicted octanol–water partition coefficient (Wildman–Crippen LogP) is 2.23. The summed E-state index contributed by atoms with van der Waals surface area (Å²) in [7, 11) is 0. The first kappa shape index (κ1) is 13.3. The fraction of sp³-hybridized carbons (Fsp3) is 0.571. The molecule has 4 heteroatoms. The molecule has 100 valence electrons. The van der Waals surface area contributed by atoms with Crippen LogP contribution in [0.15, 0.2) is 18.2 Å². The smallest absolute Gasteiger partial charge is 0.165 e. The summed E-state index contributed by atoms with van der Waals surface area (Å²) in [6, 6.07) is 5.55. The van der Waals surface area contributed by atoms with Crippen molar-refractivity contribution in [2.75, 3.05) is 6.61 Å². The topological polar surface area (TPSA) is 41.5 Å². The average Bonchev–Trinajstić information content (AvgIpc) is 3.07. The fourth-order valence-corrected chi connectivity index (χ4v) is 1.58. The Morgan fingerprint density at radius 1 is 1.44 bits per heavy atom. The minimum Gasteiger partial charge on any atom is -0.488 e. The van der Waals surface area contributed by atoms with Gasteiger partial charge in [0, 0.05) is 12.6 Å². The lowest BCUT2D eigenvalue weighted by molar-refractivity contribution is 0.0271. The zero-order chi connectivity index (χ0) is 13.2. The van der Waals surface area contributed by atoms with Gasteiger partial charge in [0.1, 0.15) is 6.61 Å². The molecule has 0 heterocycles. The Kier molecular flexibility index (Phi) is 3.88. The SMILES string of the molecule is CC(C)(O)COc1ccc(CNC2CC2)cc1F. The maximum Gasteiger partial charge on any atom is 0.165 e. The molecular formula is C14H20FNO2. The van der Waals surface area contributed by atoms with Crippen LogP contribution >= 0.6 is 0 Å². The van der Waals surface area contributed by atoms with Crippen molar-refractivity contribution in [1.29, 1.82) is 0 Å². The van der Waals surface area contributed by atoms with E-state index in [2.05, 4.69) is 5.32 Å². The molecular weight excluding hydrogens is 233 g/mol. The number of halogens is 1. The van der Waals surface area contributed by atoms with Gasteiger partial charge in [0.05, 0.1) is 5.60 Å². The molecule has 0 atom stereocenters. The second-order valence-electron chi connectivity index (χ2n) is 5.52. The van der Waals surface area contributed by atoms with Gasteiger partial charge in [-0.15, -0.1) is 0 Å². The molecule has 3 nitrogen and oxygen atoms in total. The van der Waals surface area contributed by atoms with Crippen molar-refractivity contribution in [2.24, 2.45) is 0 Å². The van der Waals surface area contributed by atoms with E-state index >= 15 is 0 Å². The largest absolute Gasteiger partial charge is 0.488 e. The molecule has 1 aromatic rings. The predicted molar refractivity (Wildman–Crippen MR) is 68.1 cm³/mol. The average molecular weight is 253 g/mol. The first-order valence-corrected chi connectivity index (χ1v) is 6.31. The second kappa shape index (κ2) is 5.24. The molecule has 1 fully saturated rings. The van der Waals surface area contributed by atoms with Crippen molar-refractivity contribution >= 4 is 0 Å². The molecule has 1 aliphatic carbocycles. The van der Waals surface area contributed by atoms with Crippen LogP contribution in [-0.2, 0) is 6.54 Å². The van der Waals surface area contributed by atoms with Gasteiger partial charge in [-0.1, -0.05) is 6.07 Å². The molecule has 1 aromatic carbocycles. The van der Waals surface area contributed by atoms with Crippen LogP contribution in [0.3, 0.4) is 0 Å². The van der Waals surface area contributed by atoms with E-state index in [1.165, 1.54) is 18.9 Å². The second-order valence-corrected chi connectivity index (χ2v) is 5.52. The molecule has 0 radical (unpaired) electrons. The summed E-state index contributed by atoms with van der Waals surface area (Å²) in [4.78, 5) is 0. The molecule has 18 heavy (non-hydrogen) atoms. The number of benzene rings is 1. The number of rotatable bonds is 6. The zero-order valence-electron chi connectivity index (χ0n) is 10.9. The van der Waals surface area contributed by atoms with E-state index in [0.717, 1.165) is 5.56 Å². The maximum atomic E-state index is 13.7. The Balaban J connectivity index is 1.91. The molecule has 0 aromatic heterocycles. The van der Waals surface area contributed by atoms with Crippen LogP contribution in [0.25, 0.3) is 0 Å². The normalized spacial score (nSPS) is 15.8. The summed E-state index contributed by atoms with van der Waals surface area (Å²) in [5.74, 6) is -0.193. The van der Waals surface area contributed by atoms with E-state index in [9.17, 15) is 9.50 Å². The quantitative estimate of drug-likeness (QED) is 0.817. The Labute approximate surface area is 107 Å². The van der Waals surface area contributed by atoms with Gasteiger partial charge >= 0.3 is 0 Å². The van der Waals surface area contributed by atoms with Crippen LogP contribution in [0.1, 0.15) is 32.3 Å². The molecule has 0 spiro atoms. The first-order chi connectivity index (χ1) is 8.44. The van der Waals surface area contributed by atoms with Crippen molar-refractivity contribution in [1.82, 2.24) is 5.32 Å². The molecule has 2 N–H and O–H groups in total.